The first-order valence-corrected chi connectivity index (χ1v) is 8.50. The molecule has 27 heavy (non-hydrogen) atoms. The zero-order chi connectivity index (χ0) is 19.3. The van der Waals surface area contributed by atoms with Crippen LogP contribution in [0.3, 0.4) is 0 Å². The Morgan fingerprint density at radius 2 is 1.85 bits per heavy atom. The lowest BCUT2D eigenvalue weighted by Gasteiger charge is -2.17. The molecule has 0 aliphatic carbocycles. The summed E-state index contributed by atoms with van der Waals surface area (Å²) in [6.45, 7) is 1.15. The maximum absolute atomic E-state index is 14.0. The maximum Gasteiger partial charge on any atom is 0.272 e. The second kappa shape index (κ2) is 8.03. The van der Waals surface area contributed by atoms with Gasteiger partial charge in [0, 0.05) is 42.9 Å². The highest BCUT2D eigenvalue weighted by Crippen LogP contribution is 2.31. The van der Waals surface area contributed by atoms with Crippen molar-refractivity contribution < 1.29 is 13.5 Å². The molecule has 3 aromatic rings. The normalized spacial score (nSPS) is 11.2. The van der Waals surface area contributed by atoms with E-state index < -0.39 is 5.92 Å². The number of pyridine rings is 2. The summed E-state index contributed by atoms with van der Waals surface area (Å²) in [5.74, 6) is -2.91. The summed E-state index contributed by atoms with van der Waals surface area (Å²) < 4.78 is 33.6. The molecule has 138 valence electrons. The summed E-state index contributed by atoms with van der Waals surface area (Å²) in [6.07, 6.45) is 3.68. The highest BCUT2D eigenvalue weighted by atomic mass is 19.3. The van der Waals surface area contributed by atoms with Gasteiger partial charge in [0.1, 0.15) is 5.69 Å². The van der Waals surface area contributed by atoms with E-state index in [2.05, 4.69) is 9.97 Å². The fourth-order valence-electron chi connectivity index (χ4n) is 2.63. The standard InChI is InChI=1S/C21H19F2N3O/c1-21(22,23)17-9-10-18(27-13-11-15-6-3-2-4-7-15)26-20(17)19(24)16-8-5-12-25-14-16/h2-10,12,14,24H,11,13H2,1H3. The molecule has 4 nitrogen and oxygen atoms in total. The van der Waals surface area contributed by atoms with Crippen molar-refractivity contribution in [3.63, 3.8) is 0 Å². The van der Waals surface area contributed by atoms with Crippen LogP contribution in [0.15, 0.2) is 67.0 Å². The lowest BCUT2D eigenvalue weighted by molar-refractivity contribution is 0.0168. The topological polar surface area (TPSA) is 58.9 Å². The molecule has 0 atom stereocenters. The number of nitrogens with zero attached hydrogens (tertiary/aromatic N) is 2. The molecule has 0 saturated carbocycles. The zero-order valence-corrected chi connectivity index (χ0v) is 14.8. The first kappa shape index (κ1) is 18.6. The summed E-state index contributed by atoms with van der Waals surface area (Å²) in [7, 11) is 0. The molecule has 3 rings (SSSR count). The molecule has 0 saturated heterocycles. The summed E-state index contributed by atoms with van der Waals surface area (Å²) in [6, 6.07) is 15.8. The lowest BCUT2D eigenvalue weighted by atomic mass is 10.0. The largest absolute Gasteiger partial charge is 0.477 e. The molecule has 0 fully saturated rings. The molecular formula is C21H19F2N3O. The Kier molecular flexibility index (Phi) is 5.54. The summed E-state index contributed by atoms with van der Waals surface area (Å²) in [5, 5.41) is 8.31. The van der Waals surface area contributed by atoms with Crippen molar-refractivity contribution in [3.05, 3.63) is 89.4 Å². The summed E-state index contributed by atoms with van der Waals surface area (Å²) in [4.78, 5) is 8.13. The van der Waals surface area contributed by atoms with Gasteiger partial charge in [-0.25, -0.2) is 13.8 Å². The molecule has 0 amide bonds. The van der Waals surface area contributed by atoms with Crippen LogP contribution in [0.2, 0.25) is 0 Å². The van der Waals surface area contributed by atoms with Crippen molar-refractivity contribution in [3.8, 4) is 5.88 Å². The Morgan fingerprint density at radius 3 is 2.52 bits per heavy atom. The van der Waals surface area contributed by atoms with Gasteiger partial charge in [-0.15, -0.1) is 0 Å². The number of alkyl halides is 2. The van der Waals surface area contributed by atoms with Gasteiger partial charge in [-0.05, 0) is 23.8 Å². The smallest absolute Gasteiger partial charge is 0.272 e. The van der Waals surface area contributed by atoms with Crippen molar-refractivity contribution in [1.82, 2.24) is 9.97 Å². The molecule has 0 bridgehead atoms. The van der Waals surface area contributed by atoms with E-state index in [4.69, 9.17) is 10.1 Å². The monoisotopic (exact) mass is 367 g/mol. The third-order valence-electron chi connectivity index (χ3n) is 4.01. The van der Waals surface area contributed by atoms with E-state index in [0.717, 1.165) is 12.5 Å². The Bertz CT molecular complexity index is 910. The van der Waals surface area contributed by atoms with Crippen molar-refractivity contribution in [1.29, 1.82) is 5.41 Å². The number of hydrogen-bond acceptors (Lipinski definition) is 4. The van der Waals surface area contributed by atoms with Crippen LogP contribution in [0.5, 0.6) is 5.88 Å². The first-order valence-electron chi connectivity index (χ1n) is 8.50. The van der Waals surface area contributed by atoms with Gasteiger partial charge in [-0.2, -0.15) is 0 Å². The summed E-state index contributed by atoms with van der Waals surface area (Å²) >= 11 is 0. The van der Waals surface area contributed by atoms with Crippen LogP contribution in [-0.2, 0) is 12.3 Å². The SMILES string of the molecule is CC(F)(F)c1ccc(OCCc2ccccc2)nc1C(=N)c1cccnc1. The van der Waals surface area contributed by atoms with Gasteiger partial charge in [0.2, 0.25) is 5.88 Å². The van der Waals surface area contributed by atoms with Gasteiger partial charge in [0.15, 0.2) is 0 Å². The molecule has 6 heteroatoms. The van der Waals surface area contributed by atoms with Gasteiger partial charge >= 0.3 is 0 Å². The van der Waals surface area contributed by atoms with E-state index in [1.54, 1.807) is 18.3 Å². The summed E-state index contributed by atoms with van der Waals surface area (Å²) in [5.41, 5.74) is 0.988. The minimum absolute atomic E-state index is 0.104. The number of aromatic nitrogens is 2. The first-order chi connectivity index (χ1) is 12.9. The van der Waals surface area contributed by atoms with Crippen molar-refractivity contribution in [2.24, 2.45) is 0 Å². The second-order valence-electron chi connectivity index (χ2n) is 6.13. The molecule has 2 aromatic heterocycles. The van der Waals surface area contributed by atoms with Crippen LogP contribution in [0.1, 0.15) is 29.3 Å². The Morgan fingerprint density at radius 1 is 1.07 bits per heavy atom. The number of rotatable bonds is 7. The van der Waals surface area contributed by atoms with Crippen LogP contribution in [-0.4, -0.2) is 22.3 Å². The average molecular weight is 367 g/mol. The highest BCUT2D eigenvalue weighted by molar-refractivity contribution is 6.10. The fourth-order valence-corrected chi connectivity index (χ4v) is 2.63. The molecule has 0 aliphatic heterocycles. The van der Waals surface area contributed by atoms with E-state index in [-0.39, 0.29) is 22.8 Å². The molecule has 2 heterocycles. The molecule has 1 N–H and O–H groups in total. The van der Waals surface area contributed by atoms with E-state index >= 15 is 0 Å². The van der Waals surface area contributed by atoms with Gasteiger partial charge < -0.3 is 4.74 Å². The Labute approximate surface area is 156 Å². The predicted molar refractivity (Wildman–Crippen MR) is 99.6 cm³/mol. The van der Waals surface area contributed by atoms with E-state index in [1.165, 1.54) is 18.3 Å². The lowest BCUT2D eigenvalue weighted by Crippen LogP contribution is -2.17. The van der Waals surface area contributed by atoms with Gasteiger partial charge in [0.25, 0.3) is 5.92 Å². The van der Waals surface area contributed by atoms with Crippen LogP contribution in [0, 0.1) is 5.41 Å². The number of nitrogens with one attached hydrogen (secondary N) is 1. The van der Waals surface area contributed by atoms with Crippen LogP contribution < -0.4 is 4.74 Å². The fraction of sp³-hybridized carbons (Fsp3) is 0.190. The molecular weight excluding hydrogens is 348 g/mol. The van der Waals surface area contributed by atoms with Gasteiger partial charge in [-0.3, -0.25) is 10.4 Å². The molecule has 0 aliphatic rings. The van der Waals surface area contributed by atoms with Crippen molar-refractivity contribution in [2.45, 2.75) is 19.3 Å². The third kappa shape index (κ3) is 4.73. The minimum atomic E-state index is -3.13. The van der Waals surface area contributed by atoms with E-state index in [9.17, 15) is 8.78 Å². The van der Waals surface area contributed by atoms with E-state index in [0.29, 0.717) is 18.6 Å². The molecule has 0 radical (unpaired) electrons. The predicted octanol–water partition coefficient (Wildman–Crippen LogP) is 4.63. The minimum Gasteiger partial charge on any atom is -0.477 e. The quantitative estimate of drug-likeness (QED) is 0.620. The van der Waals surface area contributed by atoms with Crippen LogP contribution >= 0.6 is 0 Å². The zero-order valence-electron chi connectivity index (χ0n) is 14.8. The molecule has 1 aromatic carbocycles. The van der Waals surface area contributed by atoms with Crippen LogP contribution in [0.4, 0.5) is 8.78 Å². The Balaban J connectivity index is 1.83. The average Bonchev–Trinajstić information content (AvgIpc) is 2.68. The Hall–Kier alpha value is -3.15. The molecule has 0 unspecified atom stereocenters. The maximum atomic E-state index is 14.0. The number of benzene rings is 1. The highest BCUT2D eigenvalue weighted by Gasteiger charge is 2.30. The van der Waals surface area contributed by atoms with Crippen LogP contribution in [0.25, 0.3) is 0 Å². The molecule has 0 spiro atoms. The number of hydrogen-bond donors (Lipinski definition) is 1. The van der Waals surface area contributed by atoms with Gasteiger partial charge in [0.05, 0.1) is 12.3 Å². The van der Waals surface area contributed by atoms with Crippen molar-refractivity contribution >= 4 is 5.71 Å². The number of halogens is 2. The second-order valence-corrected chi connectivity index (χ2v) is 6.13. The van der Waals surface area contributed by atoms with Crippen molar-refractivity contribution in [2.75, 3.05) is 6.61 Å². The van der Waals surface area contributed by atoms with Gasteiger partial charge in [-0.1, -0.05) is 30.3 Å². The van der Waals surface area contributed by atoms with E-state index in [1.807, 2.05) is 30.3 Å². The number of ether oxygens (including phenoxy) is 1. The third-order valence-corrected chi connectivity index (χ3v) is 4.01.